The van der Waals surface area contributed by atoms with Crippen molar-refractivity contribution < 1.29 is 14.2 Å². The number of rotatable bonds is 1. The molecular formula is C6H9ClO3. The Morgan fingerprint density at radius 2 is 2.40 bits per heavy atom. The number of hydrogen-bond acceptors (Lipinski definition) is 3. The van der Waals surface area contributed by atoms with Gasteiger partial charge in [0.2, 0.25) is 5.79 Å². The summed E-state index contributed by atoms with van der Waals surface area (Å²) in [6.45, 7) is 1.72. The van der Waals surface area contributed by atoms with Gasteiger partial charge in [-0.3, -0.25) is 0 Å². The largest absolute Gasteiger partial charge is 0.373 e. The van der Waals surface area contributed by atoms with Crippen LogP contribution in [0.4, 0.5) is 0 Å². The van der Waals surface area contributed by atoms with Crippen LogP contribution in [0.2, 0.25) is 0 Å². The number of ether oxygens (including phenoxy) is 3. The summed E-state index contributed by atoms with van der Waals surface area (Å²) in [5.74, 6) is -0.270. The minimum atomic E-state index is -0.621. The van der Waals surface area contributed by atoms with Gasteiger partial charge in [-0.05, 0) is 0 Å². The standard InChI is InChI=1S/C6H9ClO3/c7-3-6-4-8-1-5(10-6)2-9-6/h5H,1-4H2/t5-,6+/m0/s1. The monoisotopic (exact) mass is 164 g/mol. The van der Waals surface area contributed by atoms with Crippen LogP contribution in [-0.4, -0.2) is 37.6 Å². The molecule has 2 rings (SSSR count). The van der Waals surface area contributed by atoms with Gasteiger partial charge in [-0.25, -0.2) is 0 Å². The molecule has 2 saturated heterocycles. The quantitative estimate of drug-likeness (QED) is 0.524. The zero-order valence-corrected chi connectivity index (χ0v) is 6.26. The van der Waals surface area contributed by atoms with Crippen molar-refractivity contribution in [2.24, 2.45) is 0 Å². The van der Waals surface area contributed by atoms with Gasteiger partial charge in [0.15, 0.2) is 0 Å². The first-order chi connectivity index (χ1) is 4.85. The normalized spacial score (nSPS) is 45.9. The minimum absolute atomic E-state index is 0.104. The zero-order valence-electron chi connectivity index (χ0n) is 5.51. The summed E-state index contributed by atoms with van der Waals surface area (Å²) in [4.78, 5) is 0. The molecular weight excluding hydrogens is 156 g/mol. The van der Waals surface area contributed by atoms with Crippen molar-refractivity contribution in [1.82, 2.24) is 0 Å². The smallest absolute Gasteiger partial charge is 0.206 e. The molecule has 2 aliphatic rings. The molecule has 0 radical (unpaired) electrons. The average molecular weight is 165 g/mol. The maximum absolute atomic E-state index is 5.63. The van der Waals surface area contributed by atoms with Crippen molar-refractivity contribution in [3.05, 3.63) is 0 Å². The first-order valence-corrected chi connectivity index (χ1v) is 3.84. The Morgan fingerprint density at radius 1 is 1.50 bits per heavy atom. The molecule has 2 fully saturated rings. The van der Waals surface area contributed by atoms with Gasteiger partial charge in [-0.15, -0.1) is 11.6 Å². The van der Waals surface area contributed by atoms with E-state index >= 15 is 0 Å². The molecule has 4 heteroatoms. The summed E-state index contributed by atoms with van der Waals surface area (Å²) < 4.78 is 16.0. The fourth-order valence-corrected chi connectivity index (χ4v) is 1.45. The predicted octanol–water partition coefficient (Wildman–Crippen LogP) is 0.367. The molecule has 0 spiro atoms. The lowest BCUT2D eigenvalue weighted by atomic mass is 10.3. The van der Waals surface area contributed by atoms with Crippen LogP contribution in [0.3, 0.4) is 0 Å². The van der Waals surface area contributed by atoms with Gasteiger partial charge >= 0.3 is 0 Å². The van der Waals surface area contributed by atoms with Crippen molar-refractivity contribution in [1.29, 1.82) is 0 Å². The van der Waals surface area contributed by atoms with Gasteiger partial charge in [-0.1, -0.05) is 0 Å². The topological polar surface area (TPSA) is 27.7 Å². The minimum Gasteiger partial charge on any atom is -0.373 e. The van der Waals surface area contributed by atoms with Crippen LogP contribution in [0, 0.1) is 0 Å². The number of alkyl halides is 1. The number of halogens is 1. The van der Waals surface area contributed by atoms with Gasteiger partial charge in [0.05, 0.1) is 19.1 Å². The molecule has 0 N–H and O–H groups in total. The van der Waals surface area contributed by atoms with Crippen LogP contribution >= 0.6 is 11.6 Å². The molecule has 2 aliphatic heterocycles. The molecule has 0 aromatic carbocycles. The van der Waals surface area contributed by atoms with Gasteiger partial charge in [0.1, 0.15) is 12.7 Å². The molecule has 0 aromatic rings. The number of fused-ring (bicyclic) bond motifs is 2. The van der Waals surface area contributed by atoms with Crippen molar-refractivity contribution >= 4 is 11.6 Å². The first-order valence-electron chi connectivity index (χ1n) is 3.30. The van der Waals surface area contributed by atoms with E-state index in [9.17, 15) is 0 Å². The van der Waals surface area contributed by atoms with Crippen molar-refractivity contribution in [2.75, 3.05) is 25.7 Å². The first kappa shape index (κ1) is 6.85. The van der Waals surface area contributed by atoms with E-state index in [2.05, 4.69) is 0 Å². The lowest BCUT2D eigenvalue weighted by molar-refractivity contribution is -0.222. The molecule has 2 heterocycles. The molecule has 58 valence electrons. The van der Waals surface area contributed by atoms with E-state index in [-0.39, 0.29) is 6.10 Å². The Balaban J connectivity index is 2.10. The average Bonchev–Trinajstić information content (AvgIpc) is 2.29. The SMILES string of the molecule is ClC[C@@]12COC[C@@H](CO1)O2. The zero-order chi connectivity index (χ0) is 7.03. The van der Waals surface area contributed by atoms with E-state index in [1.807, 2.05) is 0 Å². The molecule has 0 saturated carbocycles. The highest BCUT2D eigenvalue weighted by molar-refractivity contribution is 6.18. The lowest BCUT2D eigenvalue weighted by Gasteiger charge is -2.29. The molecule has 3 nitrogen and oxygen atoms in total. The van der Waals surface area contributed by atoms with Gasteiger partial charge < -0.3 is 14.2 Å². The van der Waals surface area contributed by atoms with Crippen molar-refractivity contribution in [2.45, 2.75) is 11.9 Å². The summed E-state index contributed by atoms with van der Waals surface area (Å²) >= 11 is 5.63. The van der Waals surface area contributed by atoms with E-state index in [1.54, 1.807) is 0 Å². The Labute approximate surface area is 64.2 Å². The molecule has 2 bridgehead atoms. The van der Waals surface area contributed by atoms with Crippen molar-refractivity contribution in [3.63, 3.8) is 0 Å². The fourth-order valence-electron chi connectivity index (χ4n) is 1.23. The fraction of sp³-hybridized carbons (Fsp3) is 1.00. The highest BCUT2D eigenvalue weighted by Gasteiger charge is 2.44. The number of hydrogen-bond donors (Lipinski definition) is 0. The van der Waals surface area contributed by atoms with Crippen LogP contribution in [0.25, 0.3) is 0 Å². The van der Waals surface area contributed by atoms with Crippen LogP contribution < -0.4 is 0 Å². The summed E-state index contributed by atoms with van der Waals surface area (Å²) in [5, 5.41) is 0. The van der Waals surface area contributed by atoms with E-state index < -0.39 is 5.79 Å². The molecule has 10 heavy (non-hydrogen) atoms. The Bertz CT molecular complexity index is 137. The Hall–Kier alpha value is 0.170. The third kappa shape index (κ3) is 0.937. The third-order valence-corrected chi connectivity index (χ3v) is 2.15. The van der Waals surface area contributed by atoms with Crippen LogP contribution in [0.5, 0.6) is 0 Å². The van der Waals surface area contributed by atoms with Crippen LogP contribution in [0.1, 0.15) is 0 Å². The second kappa shape index (κ2) is 2.34. The second-order valence-electron chi connectivity index (χ2n) is 2.61. The highest BCUT2D eigenvalue weighted by atomic mass is 35.5. The second-order valence-corrected chi connectivity index (χ2v) is 2.88. The summed E-state index contributed by atoms with van der Waals surface area (Å²) in [5.41, 5.74) is 0. The van der Waals surface area contributed by atoms with Gasteiger partial charge in [0.25, 0.3) is 0 Å². The highest BCUT2D eigenvalue weighted by Crippen LogP contribution is 2.29. The molecule has 0 amide bonds. The van der Waals surface area contributed by atoms with Gasteiger partial charge in [0, 0.05) is 0 Å². The predicted molar refractivity (Wildman–Crippen MR) is 35.1 cm³/mol. The van der Waals surface area contributed by atoms with E-state index in [0.717, 1.165) is 0 Å². The summed E-state index contributed by atoms with van der Waals surface area (Å²) in [6, 6.07) is 0. The molecule has 0 aliphatic carbocycles. The van der Waals surface area contributed by atoms with Crippen LogP contribution in [0.15, 0.2) is 0 Å². The summed E-state index contributed by atoms with van der Waals surface area (Å²) in [7, 11) is 0. The van der Waals surface area contributed by atoms with Crippen LogP contribution in [-0.2, 0) is 14.2 Å². The van der Waals surface area contributed by atoms with Gasteiger partial charge in [-0.2, -0.15) is 0 Å². The van der Waals surface area contributed by atoms with E-state index in [1.165, 1.54) is 0 Å². The third-order valence-electron chi connectivity index (χ3n) is 1.74. The molecule has 2 atom stereocenters. The summed E-state index contributed by atoms with van der Waals surface area (Å²) in [6.07, 6.45) is 0.104. The molecule has 0 aromatic heterocycles. The maximum Gasteiger partial charge on any atom is 0.206 e. The molecule has 0 unspecified atom stereocenters. The Morgan fingerprint density at radius 3 is 3.10 bits per heavy atom. The van der Waals surface area contributed by atoms with Crippen molar-refractivity contribution in [3.8, 4) is 0 Å². The maximum atomic E-state index is 5.63. The van der Waals surface area contributed by atoms with E-state index in [0.29, 0.717) is 25.7 Å². The van der Waals surface area contributed by atoms with E-state index in [4.69, 9.17) is 25.8 Å². The Kier molecular flexibility index (Phi) is 1.60. The lowest BCUT2D eigenvalue weighted by Crippen LogP contribution is -2.43.